The first-order valence-electron chi connectivity index (χ1n) is 7.64. The Morgan fingerprint density at radius 3 is 2.79 bits per heavy atom. The van der Waals surface area contributed by atoms with Crippen molar-refractivity contribution >= 4 is 11.2 Å². The summed E-state index contributed by atoms with van der Waals surface area (Å²) in [7, 11) is 0. The predicted molar refractivity (Wildman–Crippen MR) is 89.6 cm³/mol. The average Bonchev–Trinajstić information content (AvgIpc) is 3.06. The normalized spacial score (nSPS) is 11.1. The van der Waals surface area contributed by atoms with E-state index in [1.807, 2.05) is 17.6 Å². The Labute approximate surface area is 137 Å². The molecule has 5 nitrogen and oxygen atoms in total. The molecular weight excluding hydrogens is 305 g/mol. The van der Waals surface area contributed by atoms with Gasteiger partial charge in [-0.05, 0) is 30.7 Å². The molecular formula is C18H14FN5. The number of pyridine rings is 1. The van der Waals surface area contributed by atoms with Crippen molar-refractivity contribution in [3.63, 3.8) is 0 Å². The quantitative estimate of drug-likeness (QED) is 0.577. The molecule has 4 aromatic rings. The highest BCUT2D eigenvalue weighted by Gasteiger charge is 2.13. The van der Waals surface area contributed by atoms with Crippen molar-refractivity contribution in [1.29, 1.82) is 0 Å². The van der Waals surface area contributed by atoms with Crippen molar-refractivity contribution in [1.82, 2.24) is 24.7 Å². The Bertz CT molecular complexity index is 1010. The SMILES string of the molecule is CCn1cnc2c(-c3ccc(F)c(-c4cccnc4)c3)cnnc21. The Morgan fingerprint density at radius 2 is 2.00 bits per heavy atom. The molecule has 118 valence electrons. The van der Waals surface area contributed by atoms with E-state index in [1.165, 1.54) is 6.07 Å². The van der Waals surface area contributed by atoms with Gasteiger partial charge in [0.2, 0.25) is 0 Å². The first-order valence-corrected chi connectivity index (χ1v) is 7.64. The molecule has 0 radical (unpaired) electrons. The molecule has 24 heavy (non-hydrogen) atoms. The van der Waals surface area contributed by atoms with E-state index in [0.717, 1.165) is 34.4 Å². The second kappa shape index (κ2) is 5.81. The molecule has 0 saturated carbocycles. The molecule has 3 aromatic heterocycles. The van der Waals surface area contributed by atoms with Crippen LogP contribution in [0.2, 0.25) is 0 Å². The van der Waals surface area contributed by atoms with Gasteiger partial charge in [0.15, 0.2) is 5.65 Å². The summed E-state index contributed by atoms with van der Waals surface area (Å²) >= 11 is 0. The molecule has 0 aliphatic carbocycles. The van der Waals surface area contributed by atoms with Crippen LogP contribution in [0.15, 0.2) is 55.2 Å². The number of fused-ring (bicyclic) bond motifs is 1. The number of hydrogen-bond donors (Lipinski definition) is 0. The fourth-order valence-corrected chi connectivity index (χ4v) is 2.75. The summed E-state index contributed by atoms with van der Waals surface area (Å²) in [5.74, 6) is -0.288. The zero-order valence-electron chi connectivity index (χ0n) is 13.0. The molecule has 0 aliphatic rings. The van der Waals surface area contributed by atoms with E-state index in [-0.39, 0.29) is 5.82 Å². The Kier molecular flexibility index (Phi) is 3.49. The van der Waals surface area contributed by atoms with Crippen LogP contribution < -0.4 is 0 Å². The number of halogens is 1. The molecule has 0 unspecified atom stereocenters. The Balaban J connectivity index is 1.91. The van der Waals surface area contributed by atoms with Crippen molar-refractivity contribution in [2.24, 2.45) is 0 Å². The van der Waals surface area contributed by atoms with Crippen LogP contribution in [-0.4, -0.2) is 24.7 Å². The summed E-state index contributed by atoms with van der Waals surface area (Å²) < 4.78 is 16.2. The first-order chi connectivity index (χ1) is 11.8. The summed E-state index contributed by atoms with van der Waals surface area (Å²) in [5, 5.41) is 8.24. The zero-order chi connectivity index (χ0) is 16.5. The number of nitrogens with zero attached hydrogens (tertiary/aromatic N) is 5. The van der Waals surface area contributed by atoms with E-state index in [1.54, 1.807) is 43.1 Å². The van der Waals surface area contributed by atoms with E-state index >= 15 is 0 Å². The smallest absolute Gasteiger partial charge is 0.183 e. The fraction of sp³-hybridized carbons (Fsp3) is 0.111. The Morgan fingerprint density at radius 1 is 1.08 bits per heavy atom. The summed E-state index contributed by atoms with van der Waals surface area (Å²) in [6.07, 6.45) is 6.72. The first kappa shape index (κ1) is 14.4. The lowest BCUT2D eigenvalue weighted by atomic mass is 10.00. The van der Waals surface area contributed by atoms with Gasteiger partial charge in [0.25, 0.3) is 0 Å². The number of aryl methyl sites for hydroxylation is 1. The third-order valence-corrected chi connectivity index (χ3v) is 4.00. The van der Waals surface area contributed by atoms with E-state index in [2.05, 4.69) is 20.2 Å². The van der Waals surface area contributed by atoms with Crippen LogP contribution in [0, 0.1) is 5.82 Å². The molecule has 0 spiro atoms. The van der Waals surface area contributed by atoms with Gasteiger partial charge in [0.05, 0.1) is 12.5 Å². The topological polar surface area (TPSA) is 56.5 Å². The van der Waals surface area contributed by atoms with Crippen molar-refractivity contribution < 1.29 is 4.39 Å². The van der Waals surface area contributed by atoms with Gasteiger partial charge in [0.1, 0.15) is 11.3 Å². The van der Waals surface area contributed by atoms with Crippen molar-refractivity contribution in [3.8, 4) is 22.3 Å². The van der Waals surface area contributed by atoms with Gasteiger partial charge < -0.3 is 4.57 Å². The van der Waals surface area contributed by atoms with Crippen molar-refractivity contribution in [2.75, 3.05) is 0 Å². The van der Waals surface area contributed by atoms with Gasteiger partial charge in [-0.15, -0.1) is 5.10 Å². The summed E-state index contributed by atoms with van der Waals surface area (Å²) in [6, 6.07) is 8.61. The molecule has 4 rings (SSSR count). The van der Waals surface area contributed by atoms with Crippen LogP contribution in [0.4, 0.5) is 4.39 Å². The van der Waals surface area contributed by atoms with E-state index in [4.69, 9.17) is 0 Å². The fourth-order valence-electron chi connectivity index (χ4n) is 2.75. The molecule has 0 aliphatic heterocycles. The minimum Gasteiger partial charge on any atom is -0.314 e. The third-order valence-electron chi connectivity index (χ3n) is 4.00. The van der Waals surface area contributed by atoms with Crippen LogP contribution in [0.5, 0.6) is 0 Å². The monoisotopic (exact) mass is 319 g/mol. The molecule has 0 amide bonds. The number of hydrogen-bond acceptors (Lipinski definition) is 4. The van der Waals surface area contributed by atoms with Gasteiger partial charge >= 0.3 is 0 Å². The lowest BCUT2D eigenvalue weighted by Gasteiger charge is -2.07. The molecule has 0 fully saturated rings. The highest BCUT2D eigenvalue weighted by atomic mass is 19.1. The highest BCUT2D eigenvalue weighted by molar-refractivity contribution is 5.90. The third kappa shape index (κ3) is 2.32. The van der Waals surface area contributed by atoms with Crippen LogP contribution in [0.25, 0.3) is 33.4 Å². The summed E-state index contributed by atoms with van der Waals surface area (Å²) in [6.45, 7) is 2.78. The van der Waals surface area contributed by atoms with Gasteiger partial charge in [-0.1, -0.05) is 12.1 Å². The highest BCUT2D eigenvalue weighted by Crippen LogP contribution is 2.31. The van der Waals surface area contributed by atoms with E-state index in [0.29, 0.717) is 5.56 Å². The molecule has 0 atom stereocenters. The van der Waals surface area contributed by atoms with Gasteiger partial charge in [-0.25, -0.2) is 9.37 Å². The largest absolute Gasteiger partial charge is 0.314 e. The summed E-state index contributed by atoms with van der Waals surface area (Å²) in [5.41, 5.74) is 4.39. The molecule has 0 bridgehead atoms. The van der Waals surface area contributed by atoms with Gasteiger partial charge in [-0.3, -0.25) is 4.98 Å². The van der Waals surface area contributed by atoms with Crippen molar-refractivity contribution in [2.45, 2.75) is 13.5 Å². The minimum atomic E-state index is -0.288. The van der Waals surface area contributed by atoms with Crippen molar-refractivity contribution in [3.05, 3.63) is 61.1 Å². The van der Waals surface area contributed by atoms with Crippen LogP contribution in [0.1, 0.15) is 6.92 Å². The van der Waals surface area contributed by atoms with Gasteiger partial charge in [-0.2, -0.15) is 5.10 Å². The van der Waals surface area contributed by atoms with E-state index < -0.39 is 0 Å². The molecule has 1 aromatic carbocycles. The molecule has 0 N–H and O–H groups in total. The molecule has 6 heteroatoms. The summed E-state index contributed by atoms with van der Waals surface area (Å²) in [4.78, 5) is 8.51. The maximum absolute atomic E-state index is 14.3. The van der Waals surface area contributed by atoms with Crippen LogP contribution in [-0.2, 0) is 6.54 Å². The maximum Gasteiger partial charge on any atom is 0.183 e. The number of rotatable bonds is 3. The zero-order valence-corrected chi connectivity index (χ0v) is 13.0. The second-order valence-electron chi connectivity index (χ2n) is 5.40. The standard InChI is InChI=1S/C18H14FN5/c1-2-24-11-21-17-15(10-22-23-18(17)24)12-5-6-16(19)14(8-12)13-4-3-7-20-9-13/h3-11H,2H2,1H3. The maximum atomic E-state index is 14.3. The average molecular weight is 319 g/mol. The van der Waals surface area contributed by atoms with E-state index in [9.17, 15) is 4.39 Å². The number of imidazole rings is 1. The van der Waals surface area contributed by atoms with Gasteiger partial charge in [0, 0.05) is 35.6 Å². The second-order valence-corrected chi connectivity index (χ2v) is 5.40. The Hall–Kier alpha value is -3.15. The lowest BCUT2D eigenvalue weighted by molar-refractivity contribution is 0.631. The van der Waals surface area contributed by atoms with Crippen LogP contribution in [0.3, 0.4) is 0 Å². The molecule has 3 heterocycles. The lowest BCUT2D eigenvalue weighted by Crippen LogP contribution is -1.95. The predicted octanol–water partition coefficient (Wildman–Crippen LogP) is 3.71. The number of aromatic nitrogens is 5. The van der Waals surface area contributed by atoms with Crippen LogP contribution >= 0.6 is 0 Å². The number of benzene rings is 1. The molecule has 0 saturated heterocycles. The minimum absolute atomic E-state index is 0.288.